The molecule has 1 amide bonds. The minimum absolute atomic E-state index is 0.0764. The first-order valence-electron chi connectivity index (χ1n) is 13.6. The van der Waals surface area contributed by atoms with Crippen molar-refractivity contribution in [2.24, 2.45) is 11.0 Å². The summed E-state index contributed by atoms with van der Waals surface area (Å²) in [5.41, 5.74) is 6.43. The average molecular weight is 535 g/mol. The summed E-state index contributed by atoms with van der Waals surface area (Å²) in [6.07, 6.45) is 2.38. The van der Waals surface area contributed by atoms with Crippen molar-refractivity contribution < 1.29 is 19.1 Å². The van der Waals surface area contributed by atoms with Crippen LogP contribution >= 0.6 is 0 Å². The van der Waals surface area contributed by atoms with Gasteiger partial charge >= 0.3 is 5.97 Å². The van der Waals surface area contributed by atoms with E-state index in [0.29, 0.717) is 29.2 Å². The Morgan fingerprint density at radius 3 is 2.45 bits per heavy atom. The first-order chi connectivity index (χ1) is 19.2. The molecule has 204 valence electrons. The van der Waals surface area contributed by atoms with E-state index in [1.165, 1.54) is 11.1 Å². The van der Waals surface area contributed by atoms with Gasteiger partial charge in [0.1, 0.15) is 0 Å². The number of ether oxygens (including phenoxy) is 2. The molecule has 4 aromatic rings. The zero-order valence-electron chi connectivity index (χ0n) is 23.3. The number of carbonyl (C=O) groups is 2. The maximum absolute atomic E-state index is 13.0. The van der Waals surface area contributed by atoms with Gasteiger partial charge in [0, 0.05) is 5.92 Å². The first-order valence-corrected chi connectivity index (χ1v) is 13.6. The van der Waals surface area contributed by atoms with Crippen molar-refractivity contribution in [3.63, 3.8) is 0 Å². The van der Waals surface area contributed by atoms with Crippen molar-refractivity contribution in [1.82, 2.24) is 5.43 Å². The molecule has 2 atom stereocenters. The predicted octanol–water partition coefficient (Wildman–Crippen LogP) is 7.01. The fraction of sp³-hybridized carbons (Fsp3) is 0.265. The van der Waals surface area contributed by atoms with Gasteiger partial charge in [-0.3, -0.25) is 4.79 Å². The first kappa shape index (κ1) is 27.1. The van der Waals surface area contributed by atoms with Crippen molar-refractivity contribution in [2.75, 3.05) is 6.61 Å². The quantitative estimate of drug-likeness (QED) is 0.114. The largest absolute Gasteiger partial charge is 0.490 e. The molecule has 6 heteroatoms. The SMILES string of the molecule is CCOc1cc(/C=N/NC(=O)[C@H]2C[C@H]2c2ccc(C(C)(C)C)cc2)ccc1OC(=O)c1cccc2ccccc12. The Morgan fingerprint density at radius 1 is 0.950 bits per heavy atom. The molecule has 0 unspecified atom stereocenters. The molecule has 1 fully saturated rings. The molecule has 5 rings (SSSR count). The molecule has 1 aliphatic rings. The van der Waals surface area contributed by atoms with Gasteiger partial charge in [0.05, 0.1) is 18.4 Å². The van der Waals surface area contributed by atoms with Crippen molar-refractivity contribution >= 4 is 28.9 Å². The van der Waals surface area contributed by atoms with Gasteiger partial charge in [0.2, 0.25) is 5.91 Å². The number of rotatable bonds is 8. The van der Waals surface area contributed by atoms with Gasteiger partial charge in [-0.25, -0.2) is 10.2 Å². The van der Waals surface area contributed by atoms with E-state index in [-0.39, 0.29) is 23.2 Å². The Morgan fingerprint density at radius 2 is 1.70 bits per heavy atom. The van der Waals surface area contributed by atoms with Crippen molar-refractivity contribution in [2.45, 2.75) is 45.4 Å². The Kier molecular flexibility index (Phi) is 7.69. The number of fused-ring (bicyclic) bond motifs is 1. The summed E-state index contributed by atoms with van der Waals surface area (Å²) in [4.78, 5) is 25.7. The number of carbonyl (C=O) groups excluding carboxylic acids is 2. The molecular weight excluding hydrogens is 500 g/mol. The molecule has 1 N–H and O–H groups in total. The van der Waals surface area contributed by atoms with Crippen LogP contribution in [0, 0.1) is 5.92 Å². The number of nitrogens with one attached hydrogen (secondary N) is 1. The zero-order chi connectivity index (χ0) is 28.3. The molecule has 6 nitrogen and oxygen atoms in total. The topological polar surface area (TPSA) is 77.0 Å². The predicted molar refractivity (Wildman–Crippen MR) is 158 cm³/mol. The lowest BCUT2D eigenvalue weighted by Gasteiger charge is -2.19. The van der Waals surface area contributed by atoms with E-state index in [0.717, 1.165) is 17.2 Å². The van der Waals surface area contributed by atoms with E-state index in [2.05, 4.69) is 55.6 Å². The molecule has 1 saturated carbocycles. The van der Waals surface area contributed by atoms with Gasteiger partial charge < -0.3 is 9.47 Å². The summed E-state index contributed by atoms with van der Waals surface area (Å²) in [5, 5.41) is 5.95. The number of hydrogen-bond donors (Lipinski definition) is 1. The van der Waals surface area contributed by atoms with Crippen molar-refractivity contribution in [3.8, 4) is 11.5 Å². The zero-order valence-corrected chi connectivity index (χ0v) is 23.3. The highest BCUT2D eigenvalue weighted by Gasteiger charge is 2.44. The van der Waals surface area contributed by atoms with Crippen LogP contribution in [-0.4, -0.2) is 24.7 Å². The molecule has 0 bridgehead atoms. The monoisotopic (exact) mass is 534 g/mol. The molecule has 0 saturated heterocycles. The smallest absolute Gasteiger partial charge is 0.344 e. The molecule has 4 aromatic carbocycles. The number of esters is 1. The fourth-order valence-corrected chi connectivity index (χ4v) is 4.85. The lowest BCUT2D eigenvalue weighted by molar-refractivity contribution is -0.122. The van der Waals surface area contributed by atoms with E-state index >= 15 is 0 Å². The minimum Gasteiger partial charge on any atom is -0.490 e. The Hall–Kier alpha value is -4.45. The summed E-state index contributed by atoms with van der Waals surface area (Å²) in [7, 11) is 0. The summed E-state index contributed by atoms with van der Waals surface area (Å²) in [5.74, 6) is 0.342. The number of benzene rings is 4. The maximum atomic E-state index is 13.0. The Bertz CT molecular complexity index is 1560. The fourth-order valence-electron chi connectivity index (χ4n) is 4.85. The van der Waals surface area contributed by atoms with E-state index in [9.17, 15) is 9.59 Å². The van der Waals surface area contributed by atoms with Gasteiger partial charge in [0.25, 0.3) is 0 Å². The van der Waals surface area contributed by atoms with Crippen LogP contribution in [0.5, 0.6) is 11.5 Å². The third kappa shape index (κ3) is 6.07. The van der Waals surface area contributed by atoms with Crippen molar-refractivity contribution in [1.29, 1.82) is 0 Å². The van der Waals surface area contributed by atoms with Crippen LogP contribution in [0.1, 0.15) is 67.1 Å². The third-order valence-corrected chi connectivity index (χ3v) is 7.20. The van der Waals surface area contributed by atoms with Gasteiger partial charge in [-0.2, -0.15) is 5.10 Å². The Balaban J connectivity index is 1.22. The second kappa shape index (κ2) is 11.3. The molecule has 0 spiro atoms. The normalized spacial score (nSPS) is 16.6. The number of hydrazone groups is 1. The van der Waals surface area contributed by atoms with Gasteiger partial charge in [-0.1, -0.05) is 81.4 Å². The van der Waals surface area contributed by atoms with E-state index in [1.807, 2.05) is 43.3 Å². The third-order valence-electron chi connectivity index (χ3n) is 7.20. The lowest BCUT2D eigenvalue weighted by Crippen LogP contribution is -2.20. The molecule has 40 heavy (non-hydrogen) atoms. The molecule has 0 heterocycles. The van der Waals surface area contributed by atoms with Crippen LogP contribution < -0.4 is 14.9 Å². The maximum Gasteiger partial charge on any atom is 0.344 e. The summed E-state index contributed by atoms with van der Waals surface area (Å²) in [6, 6.07) is 27.0. The number of hydrogen-bond acceptors (Lipinski definition) is 5. The van der Waals surface area contributed by atoms with Crippen LogP contribution in [0.2, 0.25) is 0 Å². The summed E-state index contributed by atoms with van der Waals surface area (Å²) in [6.45, 7) is 8.83. The second-order valence-corrected chi connectivity index (χ2v) is 11.1. The molecular formula is C34H34N2O4. The van der Waals surface area contributed by atoms with E-state index in [1.54, 1.807) is 30.5 Å². The molecule has 0 aromatic heterocycles. The van der Waals surface area contributed by atoms with Crippen LogP contribution in [0.15, 0.2) is 90.0 Å². The minimum atomic E-state index is -0.460. The number of nitrogens with zero attached hydrogens (tertiary/aromatic N) is 1. The van der Waals surface area contributed by atoms with Gasteiger partial charge in [-0.15, -0.1) is 0 Å². The molecule has 0 radical (unpaired) electrons. The summed E-state index contributed by atoms with van der Waals surface area (Å²) < 4.78 is 11.5. The average Bonchev–Trinajstić information content (AvgIpc) is 3.75. The van der Waals surface area contributed by atoms with Crippen LogP contribution in [0.25, 0.3) is 10.8 Å². The van der Waals surface area contributed by atoms with E-state index < -0.39 is 5.97 Å². The molecule has 1 aliphatic carbocycles. The Labute approximate surface area is 235 Å². The van der Waals surface area contributed by atoms with E-state index in [4.69, 9.17) is 9.47 Å². The highest BCUT2D eigenvalue weighted by atomic mass is 16.6. The second-order valence-electron chi connectivity index (χ2n) is 11.1. The lowest BCUT2D eigenvalue weighted by atomic mass is 9.86. The van der Waals surface area contributed by atoms with Crippen LogP contribution in [0.4, 0.5) is 0 Å². The highest BCUT2D eigenvalue weighted by Crippen LogP contribution is 2.47. The molecule has 0 aliphatic heterocycles. The highest BCUT2D eigenvalue weighted by molar-refractivity contribution is 6.05. The van der Waals surface area contributed by atoms with Crippen LogP contribution in [-0.2, 0) is 10.2 Å². The summed E-state index contributed by atoms with van der Waals surface area (Å²) >= 11 is 0. The van der Waals surface area contributed by atoms with Crippen LogP contribution in [0.3, 0.4) is 0 Å². The number of amides is 1. The van der Waals surface area contributed by atoms with Crippen molar-refractivity contribution in [3.05, 3.63) is 107 Å². The van der Waals surface area contributed by atoms with Gasteiger partial charge in [0.15, 0.2) is 11.5 Å². The standard InChI is InChI=1S/C34H34N2O4/c1-5-39-31-19-22(13-18-30(31)40-33(38)27-12-8-10-23-9-6-7-11-26(23)27)21-35-36-32(37)29-20-28(29)24-14-16-25(17-15-24)34(2,3)4/h6-19,21,28-29H,5,20H2,1-4H3,(H,36,37)/b35-21+/t28-,29-/m0/s1. The van der Waals surface area contributed by atoms with Gasteiger partial charge in [-0.05, 0) is 76.4 Å².